The molecule has 2 aromatic rings. The topological polar surface area (TPSA) is 127 Å². The summed E-state index contributed by atoms with van der Waals surface area (Å²) in [7, 11) is -2.24. The smallest absolute Gasteiger partial charge is 0.264 e. The number of hydrogen-bond donors (Lipinski definition) is 3. The van der Waals surface area contributed by atoms with Crippen LogP contribution in [0.3, 0.4) is 0 Å². The fraction of sp³-hybridized carbons (Fsp3) is 0.100. The van der Waals surface area contributed by atoms with Gasteiger partial charge < -0.3 is 5.73 Å². The molecule has 0 amide bonds. The third-order valence-electron chi connectivity index (χ3n) is 2.40. The first kappa shape index (κ1) is 13.0. The minimum absolute atomic E-state index is 0.0192. The van der Waals surface area contributed by atoms with Crippen LogP contribution in [0, 0.1) is 5.41 Å². The molecule has 9 heteroatoms. The van der Waals surface area contributed by atoms with Gasteiger partial charge in [0, 0.05) is 19.4 Å². The van der Waals surface area contributed by atoms with Crippen molar-refractivity contribution in [3.05, 3.63) is 36.3 Å². The Morgan fingerprint density at radius 3 is 2.79 bits per heavy atom. The predicted octanol–water partition coefficient (Wildman–Crippen LogP) is -0.100. The number of pyridine rings is 1. The monoisotopic (exact) mass is 280 g/mol. The van der Waals surface area contributed by atoms with Crippen molar-refractivity contribution < 1.29 is 8.42 Å². The molecule has 0 saturated carbocycles. The number of rotatable bonds is 4. The van der Waals surface area contributed by atoms with Gasteiger partial charge in [0.2, 0.25) is 0 Å². The summed E-state index contributed by atoms with van der Waals surface area (Å²) in [5.74, 6) is -0.131. The van der Waals surface area contributed by atoms with E-state index in [1.807, 2.05) is 0 Å². The lowest BCUT2D eigenvalue weighted by Crippen LogP contribution is -2.19. The van der Waals surface area contributed by atoms with E-state index in [1.54, 1.807) is 7.05 Å². The lowest BCUT2D eigenvalue weighted by Gasteiger charge is -2.09. The third-order valence-corrected chi connectivity index (χ3v) is 3.73. The van der Waals surface area contributed by atoms with Crippen molar-refractivity contribution >= 4 is 21.7 Å². The van der Waals surface area contributed by atoms with Crippen LogP contribution in [0.2, 0.25) is 0 Å². The van der Waals surface area contributed by atoms with Crippen LogP contribution in [0.25, 0.3) is 0 Å². The molecule has 0 spiro atoms. The van der Waals surface area contributed by atoms with Gasteiger partial charge in [-0.05, 0) is 12.1 Å². The van der Waals surface area contributed by atoms with Crippen LogP contribution in [0.15, 0.2) is 35.6 Å². The van der Waals surface area contributed by atoms with Gasteiger partial charge in [0.1, 0.15) is 16.5 Å². The Balaban J connectivity index is 2.42. The Morgan fingerprint density at radius 1 is 1.47 bits per heavy atom. The van der Waals surface area contributed by atoms with E-state index in [0.29, 0.717) is 0 Å². The fourth-order valence-corrected chi connectivity index (χ4v) is 2.52. The lowest BCUT2D eigenvalue weighted by atomic mass is 10.3. The van der Waals surface area contributed by atoms with Crippen LogP contribution in [0.1, 0.15) is 5.56 Å². The third kappa shape index (κ3) is 2.55. The van der Waals surface area contributed by atoms with Crippen molar-refractivity contribution in [1.82, 2.24) is 14.8 Å². The number of nitrogen functional groups attached to an aromatic ring is 1. The van der Waals surface area contributed by atoms with Crippen LogP contribution >= 0.6 is 0 Å². The molecule has 19 heavy (non-hydrogen) atoms. The van der Waals surface area contributed by atoms with Gasteiger partial charge in [-0.3, -0.25) is 19.8 Å². The molecule has 0 atom stereocenters. The summed E-state index contributed by atoms with van der Waals surface area (Å²) in [6, 6.07) is 2.93. The Bertz CT molecular complexity index is 707. The molecule has 0 aromatic carbocycles. The second kappa shape index (κ2) is 4.69. The first-order valence-electron chi connectivity index (χ1n) is 5.21. The van der Waals surface area contributed by atoms with Crippen LogP contribution in [-0.4, -0.2) is 29.0 Å². The second-order valence-corrected chi connectivity index (χ2v) is 5.42. The average molecular weight is 280 g/mol. The van der Waals surface area contributed by atoms with Crippen molar-refractivity contribution in [3.8, 4) is 0 Å². The standard InChI is InChI=1S/C10H12N6O2S/c1-16-10(8(6-14-16)9(11)12)15-19(17,18)7-3-2-4-13-5-7/h2-6,15H,1H3,(H3,11,12). The SMILES string of the molecule is Cn1ncc(C(=N)N)c1NS(=O)(=O)c1cccnc1. The maximum atomic E-state index is 12.1. The van der Waals surface area contributed by atoms with E-state index in [0.717, 1.165) is 0 Å². The Hall–Kier alpha value is -2.42. The number of nitrogens with zero attached hydrogens (tertiary/aromatic N) is 3. The highest BCUT2D eigenvalue weighted by atomic mass is 32.2. The summed E-state index contributed by atoms with van der Waals surface area (Å²) >= 11 is 0. The van der Waals surface area contributed by atoms with Gasteiger partial charge in [0.25, 0.3) is 10.0 Å². The zero-order valence-electron chi connectivity index (χ0n) is 10.0. The van der Waals surface area contributed by atoms with Crippen LogP contribution in [0.5, 0.6) is 0 Å². The van der Waals surface area contributed by atoms with E-state index < -0.39 is 10.0 Å². The van der Waals surface area contributed by atoms with Gasteiger partial charge in [0.15, 0.2) is 0 Å². The average Bonchev–Trinajstić information content (AvgIpc) is 2.72. The summed E-state index contributed by atoms with van der Waals surface area (Å²) in [4.78, 5) is 3.77. The zero-order chi connectivity index (χ0) is 14.0. The predicted molar refractivity (Wildman–Crippen MR) is 69.3 cm³/mol. The number of sulfonamides is 1. The van der Waals surface area contributed by atoms with E-state index in [-0.39, 0.29) is 22.1 Å². The van der Waals surface area contributed by atoms with Crippen molar-refractivity contribution in [2.24, 2.45) is 12.8 Å². The number of amidine groups is 1. The number of nitrogens with one attached hydrogen (secondary N) is 2. The Kier molecular flexibility index (Phi) is 3.21. The number of anilines is 1. The summed E-state index contributed by atoms with van der Waals surface area (Å²) in [5.41, 5.74) is 5.59. The number of nitrogens with two attached hydrogens (primary N) is 1. The van der Waals surface area contributed by atoms with E-state index in [1.165, 1.54) is 35.4 Å². The van der Waals surface area contributed by atoms with Gasteiger partial charge in [-0.25, -0.2) is 8.42 Å². The molecule has 0 radical (unpaired) electrons. The maximum Gasteiger partial charge on any atom is 0.264 e. The van der Waals surface area contributed by atoms with Gasteiger partial charge in [-0.2, -0.15) is 5.10 Å². The molecular formula is C10H12N6O2S. The van der Waals surface area contributed by atoms with Crippen LogP contribution < -0.4 is 10.5 Å². The number of aryl methyl sites for hydroxylation is 1. The van der Waals surface area contributed by atoms with E-state index in [2.05, 4.69) is 14.8 Å². The Labute approximate surface area is 109 Å². The molecule has 0 bridgehead atoms. The summed E-state index contributed by atoms with van der Waals surface area (Å²) in [5, 5.41) is 11.2. The van der Waals surface area contributed by atoms with E-state index >= 15 is 0 Å². The molecule has 0 unspecified atom stereocenters. The summed E-state index contributed by atoms with van der Waals surface area (Å²) in [6.07, 6.45) is 4.03. The van der Waals surface area contributed by atoms with Crippen LogP contribution in [-0.2, 0) is 17.1 Å². The van der Waals surface area contributed by atoms with E-state index in [4.69, 9.17) is 11.1 Å². The molecule has 100 valence electrons. The van der Waals surface area contributed by atoms with Gasteiger partial charge in [-0.15, -0.1) is 0 Å². The Morgan fingerprint density at radius 2 is 2.21 bits per heavy atom. The van der Waals surface area contributed by atoms with Gasteiger partial charge >= 0.3 is 0 Å². The molecule has 2 aromatic heterocycles. The summed E-state index contributed by atoms with van der Waals surface area (Å²) in [6.45, 7) is 0. The quantitative estimate of drug-likeness (QED) is 0.532. The molecule has 8 nitrogen and oxygen atoms in total. The first-order valence-corrected chi connectivity index (χ1v) is 6.69. The highest BCUT2D eigenvalue weighted by Gasteiger charge is 2.19. The van der Waals surface area contributed by atoms with Gasteiger partial charge in [-0.1, -0.05) is 0 Å². The highest BCUT2D eigenvalue weighted by molar-refractivity contribution is 7.92. The molecule has 0 saturated heterocycles. The van der Waals surface area contributed by atoms with Gasteiger partial charge in [0.05, 0.1) is 11.8 Å². The number of aromatic nitrogens is 3. The van der Waals surface area contributed by atoms with Crippen molar-refractivity contribution in [2.75, 3.05) is 4.72 Å². The molecule has 2 heterocycles. The normalized spacial score (nSPS) is 11.2. The molecule has 0 aliphatic carbocycles. The maximum absolute atomic E-state index is 12.1. The fourth-order valence-electron chi connectivity index (χ4n) is 1.45. The molecule has 0 aliphatic heterocycles. The van der Waals surface area contributed by atoms with Crippen molar-refractivity contribution in [3.63, 3.8) is 0 Å². The zero-order valence-corrected chi connectivity index (χ0v) is 10.8. The van der Waals surface area contributed by atoms with E-state index in [9.17, 15) is 8.42 Å². The minimum Gasteiger partial charge on any atom is -0.384 e. The van der Waals surface area contributed by atoms with Crippen LogP contribution in [0.4, 0.5) is 5.82 Å². The molecule has 4 N–H and O–H groups in total. The first-order chi connectivity index (χ1) is 8.92. The number of hydrogen-bond acceptors (Lipinski definition) is 5. The lowest BCUT2D eigenvalue weighted by molar-refractivity contribution is 0.600. The van der Waals surface area contributed by atoms with Crippen molar-refractivity contribution in [2.45, 2.75) is 4.90 Å². The largest absolute Gasteiger partial charge is 0.384 e. The summed E-state index contributed by atoms with van der Waals surface area (Å²) < 4.78 is 27.9. The van der Waals surface area contributed by atoms with Crippen molar-refractivity contribution in [1.29, 1.82) is 5.41 Å². The molecule has 0 aliphatic rings. The highest BCUT2D eigenvalue weighted by Crippen LogP contribution is 2.18. The molecular weight excluding hydrogens is 268 g/mol. The minimum atomic E-state index is -3.79. The molecule has 2 rings (SSSR count). The second-order valence-electron chi connectivity index (χ2n) is 3.74. The molecule has 0 fully saturated rings.